The first-order chi connectivity index (χ1) is 12.6. The molecular weight excluding hydrogens is 355 g/mol. The molecule has 0 saturated heterocycles. The maximum Gasteiger partial charge on any atom is 0.350 e. The van der Waals surface area contributed by atoms with E-state index in [-0.39, 0.29) is 17.3 Å². The molecule has 3 rings (SSSR count). The summed E-state index contributed by atoms with van der Waals surface area (Å²) >= 11 is 1.02. The number of benzene rings is 2. The lowest BCUT2D eigenvalue weighted by Gasteiger charge is -2.01. The van der Waals surface area contributed by atoms with Gasteiger partial charge >= 0.3 is 5.97 Å². The van der Waals surface area contributed by atoms with Crippen LogP contribution in [0.15, 0.2) is 54.6 Å². The third kappa shape index (κ3) is 3.94. The number of carbonyl (C=O) groups is 2. The number of hydrogen-bond acceptors (Lipinski definition) is 5. The quantitative estimate of drug-likeness (QED) is 0.677. The fourth-order valence-corrected chi connectivity index (χ4v) is 3.18. The fraction of sp³-hybridized carbons (Fsp3) is 0.105. The van der Waals surface area contributed by atoms with Crippen LogP contribution in [0, 0.1) is 5.82 Å². The highest BCUT2D eigenvalue weighted by Gasteiger charge is 2.21. The molecule has 0 saturated carbocycles. The molecule has 0 bridgehead atoms. The lowest BCUT2D eigenvalue weighted by Crippen LogP contribution is -2.11. The maximum absolute atomic E-state index is 13.3. The van der Waals surface area contributed by atoms with E-state index in [0.29, 0.717) is 10.6 Å². The van der Waals surface area contributed by atoms with Crippen LogP contribution in [0.2, 0.25) is 0 Å². The molecule has 0 aliphatic rings. The minimum absolute atomic E-state index is 0.166. The van der Waals surface area contributed by atoms with Crippen LogP contribution in [0.5, 0.6) is 0 Å². The molecule has 0 atom stereocenters. The standard InChI is InChI=1S/C19H15FN2O3S/c1-2-25-18(24)16-15(12-7-4-3-5-8-12)21-19(26-16)22-17(23)13-9-6-10-14(20)11-13/h3-11H,2H2,1H3,(H,21,22,23). The van der Waals surface area contributed by atoms with Gasteiger partial charge in [-0.15, -0.1) is 0 Å². The summed E-state index contributed by atoms with van der Waals surface area (Å²) in [5.41, 5.74) is 1.33. The van der Waals surface area contributed by atoms with Crippen molar-refractivity contribution in [1.29, 1.82) is 0 Å². The Kier molecular flexibility index (Phi) is 5.38. The van der Waals surface area contributed by atoms with Gasteiger partial charge in [-0.2, -0.15) is 0 Å². The Labute approximate surface area is 153 Å². The molecule has 1 aromatic heterocycles. The number of hydrogen-bond donors (Lipinski definition) is 1. The Balaban J connectivity index is 1.93. The van der Waals surface area contributed by atoms with Crippen molar-refractivity contribution in [2.45, 2.75) is 6.92 Å². The van der Waals surface area contributed by atoms with Crippen molar-refractivity contribution < 1.29 is 18.7 Å². The molecule has 0 fully saturated rings. The highest BCUT2D eigenvalue weighted by molar-refractivity contribution is 7.18. The predicted octanol–water partition coefficient (Wildman–Crippen LogP) is 4.38. The van der Waals surface area contributed by atoms with Crippen molar-refractivity contribution >= 4 is 28.3 Å². The third-order valence-electron chi connectivity index (χ3n) is 3.44. The van der Waals surface area contributed by atoms with E-state index < -0.39 is 17.7 Å². The number of anilines is 1. The van der Waals surface area contributed by atoms with Gasteiger partial charge in [-0.25, -0.2) is 14.2 Å². The highest BCUT2D eigenvalue weighted by atomic mass is 32.1. The SMILES string of the molecule is CCOC(=O)c1sc(NC(=O)c2cccc(F)c2)nc1-c1ccccc1. The summed E-state index contributed by atoms with van der Waals surface area (Å²) in [6.07, 6.45) is 0. The summed E-state index contributed by atoms with van der Waals surface area (Å²) in [5.74, 6) is -1.52. The second-order valence-corrected chi connectivity index (χ2v) is 6.25. The van der Waals surface area contributed by atoms with Gasteiger partial charge in [0.25, 0.3) is 5.91 Å². The number of amides is 1. The van der Waals surface area contributed by atoms with E-state index >= 15 is 0 Å². The monoisotopic (exact) mass is 370 g/mol. The zero-order chi connectivity index (χ0) is 18.5. The number of thiazole rings is 1. The van der Waals surface area contributed by atoms with Crippen LogP contribution in [-0.4, -0.2) is 23.5 Å². The minimum Gasteiger partial charge on any atom is -0.462 e. The zero-order valence-corrected chi connectivity index (χ0v) is 14.7. The number of carbonyl (C=O) groups excluding carboxylic acids is 2. The number of nitrogens with one attached hydrogen (secondary N) is 1. The van der Waals surface area contributed by atoms with Crippen LogP contribution in [0.3, 0.4) is 0 Å². The molecule has 0 aliphatic carbocycles. The second-order valence-electron chi connectivity index (χ2n) is 5.25. The molecule has 2 aromatic carbocycles. The Morgan fingerprint density at radius 3 is 2.62 bits per heavy atom. The Morgan fingerprint density at radius 2 is 1.92 bits per heavy atom. The third-order valence-corrected chi connectivity index (χ3v) is 4.39. The largest absolute Gasteiger partial charge is 0.462 e. The molecule has 0 radical (unpaired) electrons. The van der Waals surface area contributed by atoms with Gasteiger partial charge < -0.3 is 4.74 Å². The number of ether oxygens (including phenoxy) is 1. The maximum atomic E-state index is 13.3. The molecule has 0 spiro atoms. The van der Waals surface area contributed by atoms with Gasteiger partial charge in [-0.05, 0) is 25.1 Å². The summed E-state index contributed by atoms with van der Waals surface area (Å²) in [6, 6.07) is 14.5. The van der Waals surface area contributed by atoms with E-state index in [1.807, 2.05) is 30.3 Å². The van der Waals surface area contributed by atoms with Gasteiger partial charge in [0.1, 0.15) is 10.7 Å². The van der Waals surface area contributed by atoms with E-state index in [2.05, 4.69) is 10.3 Å². The predicted molar refractivity (Wildman–Crippen MR) is 97.9 cm³/mol. The van der Waals surface area contributed by atoms with Crippen LogP contribution in [0.25, 0.3) is 11.3 Å². The lowest BCUT2D eigenvalue weighted by atomic mass is 10.1. The van der Waals surface area contributed by atoms with Crippen LogP contribution in [0.4, 0.5) is 9.52 Å². The highest BCUT2D eigenvalue weighted by Crippen LogP contribution is 2.32. The summed E-state index contributed by atoms with van der Waals surface area (Å²) in [4.78, 5) is 29.2. The van der Waals surface area contributed by atoms with Crippen LogP contribution in [-0.2, 0) is 4.74 Å². The normalized spacial score (nSPS) is 10.4. The van der Waals surface area contributed by atoms with Gasteiger partial charge in [0.05, 0.1) is 12.3 Å². The molecule has 3 aromatic rings. The Morgan fingerprint density at radius 1 is 1.15 bits per heavy atom. The van der Waals surface area contributed by atoms with Crippen molar-refractivity contribution in [3.63, 3.8) is 0 Å². The van der Waals surface area contributed by atoms with E-state index in [4.69, 9.17) is 4.74 Å². The molecular formula is C19H15FN2O3S. The number of halogens is 1. The summed E-state index contributed by atoms with van der Waals surface area (Å²) in [6.45, 7) is 1.95. The number of aromatic nitrogens is 1. The smallest absolute Gasteiger partial charge is 0.350 e. The lowest BCUT2D eigenvalue weighted by molar-refractivity contribution is 0.0532. The van der Waals surface area contributed by atoms with Gasteiger partial charge in [-0.1, -0.05) is 47.7 Å². The van der Waals surface area contributed by atoms with E-state index in [1.165, 1.54) is 18.2 Å². The van der Waals surface area contributed by atoms with Crippen molar-refractivity contribution in [2.24, 2.45) is 0 Å². The van der Waals surface area contributed by atoms with Crippen molar-refractivity contribution in [3.05, 3.63) is 70.9 Å². The average Bonchev–Trinajstić information content (AvgIpc) is 3.06. The first-order valence-corrected chi connectivity index (χ1v) is 8.70. The Hall–Kier alpha value is -3.06. The van der Waals surface area contributed by atoms with Crippen molar-refractivity contribution in [1.82, 2.24) is 4.98 Å². The molecule has 1 N–H and O–H groups in total. The number of esters is 1. The van der Waals surface area contributed by atoms with Crippen LogP contribution >= 0.6 is 11.3 Å². The molecule has 0 unspecified atom stereocenters. The summed E-state index contributed by atoms with van der Waals surface area (Å²) in [5, 5.41) is 2.84. The average molecular weight is 370 g/mol. The van der Waals surface area contributed by atoms with E-state index in [9.17, 15) is 14.0 Å². The molecule has 1 amide bonds. The first-order valence-electron chi connectivity index (χ1n) is 7.88. The van der Waals surface area contributed by atoms with Crippen LogP contribution < -0.4 is 5.32 Å². The van der Waals surface area contributed by atoms with E-state index in [1.54, 1.807) is 6.92 Å². The van der Waals surface area contributed by atoms with E-state index in [0.717, 1.165) is 23.0 Å². The van der Waals surface area contributed by atoms with Gasteiger partial charge in [0.15, 0.2) is 5.13 Å². The topological polar surface area (TPSA) is 68.3 Å². The van der Waals surface area contributed by atoms with Gasteiger partial charge in [0, 0.05) is 11.1 Å². The van der Waals surface area contributed by atoms with Crippen LogP contribution in [0.1, 0.15) is 27.0 Å². The van der Waals surface area contributed by atoms with Crippen molar-refractivity contribution in [3.8, 4) is 11.3 Å². The molecule has 0 aliphatic heterocycles. The van der Waals surface area contributed by atoms with Gasteiger partial charge in [-0.3, -0.25) is 10.1 Å². The number of rotatable bonds is 5. The van der Waals surface area contributed by atoms with Crippen molar-refractivity contribution in [2.75, 3.05) is 11.9 Å². The molecule has 5 nitrogen and oxygen atoms in total. The Bertz CT molecular complexity index is 941. The minimum atomic E-state index is -0.506. The molecule has 7 heteroatoms. The molecule has 1 heterocycles. The van der Waals surface area contributed by atoms with Gasteiger partial charge in [0.2, 0.25) is 0 Å². The molecule has 26 heavy (non-hydrogen) atoms. The first kappa shape index (κ1) is 17.8. The second kappa shape index (κ2) is 7.88. The summed E-state index contributed by atoms with van der Waals surface area (Å²) in [7, 11) is 0. The zero-order valence-electron chi connectivity index (χ0n) is 13.9. The summed E-state index contributed by atoms with van der Waals surface area (Å²) < 4.78 is 18.4. The fourth-order valence-electron chi connectivity index (χ4n) is 2.30. The molecule has 132 valence electrons. The number of nitrogens with zero attached hydrogens (tertiary/aromatic N) is 1.